The second kappa shape index (κ2) is 55.1. The molecule has 35 heteroatoms. The smallest absolute Gasteiger partial charge is 0.480 e. The number of halogens is 3. The predicted molar refractivity (Wildman–Crippen MR) is 499 cm³/mol. The first kappa shape index (κ1) is 119. The molecule has 3 amide bonds. The number of amides is 3. The Balaban J connectivity index is 0. The molecule has 0 aromatic heterocycles. The zero-order valence-corrected chi connectivity index (χ0v) is 80.2. The van der Waals surface area contributed by atoms with Gasteiger partial charge in [0.25, 0.3) is 0 Å². The Hall–Kier alpha value is -9.94. The molecule has 0 aliphatic rings. The number of carbonyl (C=O) groups excluding carboxylic acids is 7. The molecular formula is C92H128Br2ClN5O24S3. The summed E-state index contributed by atoms with van der Waals surface area (Å²) in [7, 11) is -10.0. The molecule has 0 unspecified atom stereocenters. The molecule has 0 aliphatic carbocycles. The summed E-state index contributed by atoms with van der Waals surface area (Å²) in [5.41, 5.74) is 14.5. The van der Waals surface area contributed by atoms with Crippen molar-refractivity contribution in [2.75, 3.05) is 18.8 Å². The van der Waals surface area contributed by atoms with Gasteiger partial charge < -0.3 is 66.4 Å². The van der Waals surface area contributed by atoms with Crippen LogP contribution in [-0.4, -0.2) is 161 Å². The van der Waals surface area contributed by atoms with E-state index in [1.165, 1.54) is 36.4 Å². The predicted octanol–water partition coefficient (Wildman–Crippen LogP) is 15.6. The van der Waals surface area contributed by atoms with Gasteiger partial charge in [-0.05, 0) is 170 Å². The molecule has 7 aromatic carbocycles. The third kappa shape index (κ3) is 55.4. The maximum absolute atomic E-state index is 12.7. The summed E-state index contributed by atoms with van der Waals surface area (Å²) < 4.78 is 96.1. The number of carbonyl (C=O) groups is 10. The molecule has 0 fully saturated rings. The molecule has 5 atom stereocenters. The lowest BCUT2D eigenvalue weighted by atomic mass is 9.91. The lowest BCUT2D eigenvalue weighted by molar-refractivity contribution is -0.149. The highest BCUT2D eigenvalue weighted by atomic mass is 79.9. The number of ether oxygens (including phenoxy) is 5. The number of aliphatic carboxylic acids is 3. The molecule has 7 aromatic rings. The van der Waals surface area contributed by atoms with E-state index in [0.29, 0.717) is 29.5 Å². The highest BCUT2D eigenvalue weighted by Gasteiger charge is 2.30. The first-order valence-corrected chi connectivity index (χ1v) is 46.2. The van der Waals surface area contributed by atoms with Crippen molar-refractivity contribution >= 4 is 134 Å². The highest BCUT2D eigenvalue weighted by Crippen LogP contribution is 2.24. The van der Waals surface area contributed by atoms with E-state index in [1.807, 2.05) is 172 Å². The fourth-order valence-electron chi connectivity index (χ4n) is 10.5. The zero-order valence-electron chi connectivity index (χ0n) is 73.7. The number of hydrogen-bond donors (Lipinski definition) is 8. The van der Waals surface area contributed by atoms with E-state index >= 15 is 0 Å². The quantitative estimate of drug-likeness (QED) is 0.0128. The zero-order chi connectivity index (χ0) is 94.5. The lowest BCUT2D eigenvalue weighted by Crippen LogP contribution is -2.44. The minimum Gasteiger partial charge on any atom is -0.480 e. The van der Waals surface area contributed by atoms with Gasteiger partial charge in [0, 0.05) is 66.2 Å². The summed E-state index contributed by atoms with van der Waals surface area (Å²) in [6.45, 7) is 27.6. The molecule has 0 saturated carbocycles. The van der Waals surface area contributed by atoms with Gasteiger partial charge in [-0.25, -0.2) is 49.2 Å². The molecular weight excluding hydrogens is 1850 g/mol. The third-order valence-electron chi connectivity index (χ3n) is 16.0. The van der Waals surface area contributed by atoms with E-state index in [2.05, 4.69) is 52.5 Å². The molecule has 0 radical (unpaired) electrons. The van der Waals surface area contributed by atoms with E-state index in [0.717, 1.165) is 50.0 Å². The van der Waals surface area contributed by atoms with Crippen LogP contribution < -0.4 is 27.4 Å². The van der Waals surface area contributed by atoms with Crippen LogP contribution in [0.2, 0.25) is 0 Å². The van der Waals surface area contributed by atoms with Crippen LogP contribution in [0.1, 0.15) is 177 Å². The maximum Gasteiger partial charge on any atom is 0.519 e. The van der Waals surface area contributed by atoms with Crippen molar-refractivity contribution < 1.29 is 112 Å². The van der Waals surface area contributed by atoms with Crippen molar-refractivity contribution in [2.45, 2.75) is 239 Å². The average Bonchev–Trinajstić information content (AvgIpc) is 0.856. The van der Waals surface area contributed by atoms with E-state index in [-0.39, 0.29) is 128 Å². The van der Waals surface area contributed by atoms with Gasteiger partial charge in [-0.2, -0.15) is 0 Å². The Morgan fingerprint density at radius 3 is 0.898 bits per heavy atom. The van der Waals surface area contributed by atoms with E-state index < -0.39 is 113 Å². The molecule has 0 heterocycles. The average molecular weight is 1980 g/mol. The van der Waals surface area contributed by atoms with Crippen LogP contribution in [0.15, 0.2) is 206 Å². The molecule has 127 heavy (non-hydrogen) atoms. The molecule has 0 bridgehead atoms. The van der Waals surface area contributed by atoms with Gasteiger partial charge in [0.2, 0.25) is 17.7 Å². The lowest BCUT2D eigenvalue weighted by Gasteiger charge is -2.22. The third-order valence-corrected chi connectivity index (χ3v) is 20.3. The topological polar surface area (TPSA) is 468 Å². The molecule has 0 saturated heterocycles. The molecule has 0 spiro atoms. The van der Waals surface area contributed by atoms with Crippen molar-refractivity contribution in [1.29, 1.82) is 0 Å². The summed E-state index contributed by atoms with van der Waals surface area (Å²) >= 11 is 6.65. The number of hydrogen-bond acceptors (Lipinski definition) is 23. The van der Waals surface area contributed by atoms with E-state index in [4.69, 9.17) is 35.5 Å². The Labute approximate surface area is 772 Å². The van der Waals surface area contributed by atoms with Crippen LogP contribution >= 0.6 is 44.3 Å². The Morgan fingerprint density at radius 1 is 0.354 bits per heavy atom. The standard InChI is InChI=1S/C23H29NO5S.C17H19NO4S.C16H23NO5S.C15H20BrNO3.C10H18O5.C9H10BrNO2.2CH4.ClH/c1-23(2,3)15-21(25)24-20(22(26)29-16-17-9-6-5-7-10-17)14-18-11-8-12-19(13-18)30(4,27)28;1-23(20,21)15-9-5-8-14(10-15)11-16(18)17(19)22-12-13-6-3-2-4-7-13;1-16(2,3)10-14(18)17-13(15(19)20)9-11-6-5-7-12(8-11)23(4,21)22;1-15(2,3)9-13(18)17-12(14(19)20)8-10-5-4-6-11(16)7-10;1-9(2,3)14-7(11)13-8(12)15-10(4,5)6;10-7-3-1-2-6(4-7)5-8(11)9(12)13;;;/h5-13,20H,14-16H2,1-4H3,(H,24,25);2-10,16H,11-12,18H2,1H3;5-8,13H,9-10H2,1-4H3,(H,17,18)(H,19,20);4-7,12H,8-9H2,1-3H3,(H,17,18)(H,19,20);1-6H3;1-4,8H,5,11H2,(H,12,13);2*1H4;1H/t20-;16-;13-;12-;;8-;;;/m0000.0.../s1. The fourth-order valence-corrected chi connectivity index (χ4v) is 13.4. The minimum atomic E-state index is -3.38. The highest BCUT2D eigenvalue weighted by molar-refractivity contribution is 9.10. The SMILES string of the molecule is C.C.CC(C)(C)CC(=O)N[C@@H](Cc1cccc(Br)c1)C(=O)O.CC(C)(C)CC(=O)N[C@@H](Cc1cccc(S(C)(=O)=O)c1)C(=O)O.CC(C)(C)CC(=O)N[C@@H](Cc1cccc(S(C)(=O)=O)c1)C(=O)OCc1ccccc1.CC(C)(C)OC(=O)OC(=O)OC(C)(C)C.CS(=O)(=O)c1cccc(C[C@H](N)C(=O)OCc2ccccc2)c1.Cl.N[C@@H](Cc1cccc(Br)c1)C(=O)O. The molecule has 29 nitrogen and oxygen atoms in total. The number of sulfone groups is 3. The van der Waals surface area contributed by atoms with Crippen LogP contribution in [0.4, 0.5) is 9.59 Å². The molecule has 7 rings (SSSR count). The van der Waals surface area contributed by atoms with Gasteiger partial charge in [0.1, 0.15) is 54.6 Å². The Kier molecular flexibility index (Phi) is 51.6. The van der Waals surface area contributed by atoms with Gasteiger partial charge >= 0.3 is 42.2 Å². The summed E-state index contributed by atoms with van der Waals surface area (Å²) in [5.74, 6) is -5.07. The van der Waals surface area contributed by atoms with Gasteiger partial charge in [-0.1, -0.05) is 230 Å². The summed E-state index contributed by atoms with van der Waals surface area (Å²) in [6, 6.07) is 47.7. The number of carboxylic acids is 3. The van der Waals surface area contributed by atoms with Crippen LogP contribution in [0.5, 0.6) is 0 Å². The first-order valence-electron chi connectivity index (χ1n) is 38.9. The number of benzene rings is 7. The van der Waals surface area contributed by atoms with Crippen LogP contribution in [0.25, 0.3) is 0 Å². The number of rotatable bonds is 28. The van der Waals surface area contributed by atoms with Gasteiger partial charge in [0.05, 0.1) is 14.7 Å². The van der Waals surface area contributed by atoms with Crippen molar-refractivity contribution in [3.05, 3.63) is 230 Å². The minimum absolute atomic E-state index is 0. The fraction of sp³-hybridized carbons (Fsp3) is 0.435. The van der Waals surface area contributed by atoms with Crippen LogP contribution in [0.3, 0.4) is 0 Å². The summed E-state index contributed by atoms with van der Waals surface area (Å²) in [5, 5.41) is 34.9. The van der Waals surface area contributed by atoms with Crippen molar-refractivity contribution in [1.82, 2.24) is 16.0 Å². The maximum atomic E-state index is 12.7. The largest absolute Gasteiger partial charge is 0.519 e. The van der Waals surface area contributed by atoms with Crippen LogP contribution in [-0.2, 0) is 137 Å². The normalized spacial score (nSPS) is 12.4. The monoisotopic (exact) mass is 1980 g/mol. The number of nitrogens with one attached hydrogen (secondary N) is 3. The van der Waals surface area contributed by atoms with Gasteiger partial charge in [-0.15, -0.1) is 12.4 Å². The van der Waals surface area contributed by atoms with Gasteiger partial charge in [-0.3, -0.25) is 24.0 Å². The Morgan fingerprint density at radius 2 is 0.614 bits per heavy atom. The van der Waals surface area contributed by atoms with Crippen molar-refractivity contribution in [3.63, 3.8) is 0 Å². The second-order valence-electron chi connectivity index (χ2n) is 34.6. The summed E-state index contributed by atoms with van der Waals surface area (Å²) in [4.78, 5) is 116. The second-order valence-corrected chi connectivity index (χ2v) is 42.4. The number of nitrogens with two attached hydrogens (primary N) is 2. The van der Waals surface area contributed by atoms with E-state index in [9.17, 15) is 83.4 Å². The van der Waals surface area contributed by atoms with Crippen molar-refractivity contribution in [3.8, 4) is 0 Å². The van der Waals surface area contributed by atoms with Crippen molar-refractivity contribution in [2.24, 2.45) is 27.7 Å². The number of esters is 2. The summed E-state index contributed by atoms with van der Waals surface area (Å²) in [6.07, 6.45) is 2.99. The van der Waals surface area contributed by atoms with Gasteiger partial charge in [0.15, 0.2) is 29.5 Å². The van der Waals surface area contributed by atoms with Crippen LogP contribution in [0, 0.1) is 16.2 Å². The molecule has 0 aliphatic heterocycles. The number of carboxylic acid groups (broad SMARTS) is 3. The first-order chi connectivity index (χ1) is 56.9. The molecule has 10 N–H and O–H groups in total. The Bertz CT molecular complexity index is 5040. The molecule has 704 valence electrons. The van der Waals surface area contributed by atoms with E-state index in [1.54, 1.807) is 77.9 Å².